The average Bonchev–Trinajstić information content (AvgIpc) is 2.99. The second-order valence-electron chi connectivity index (χ2n) is 10.2. The fourth-order valence-electron chi connectivity index (χ4n) is 5.32. The molecule has 8 heteroatoms. The molecule has 3 aromatic rings. The molecule has 0 aromatic heterocycles. The van der Waals surface area contributed by atoms with Gasteiger partial charge in [0.15, 0.2) is 0 Å². The SMILES string of the molecule is COCCCN1CCOc2ccc(CO[C@H]3CNCC[C@@H]3c3ccc(OCCOc4cccc(F)c4)cc3)cc21. The Balaban J connectivity index is 1.14. The van der Waals surface area contributed by atoms with Gasteiger partial charge in [0, 0.05) is 38.8 Å². The molecule has 3 aromatic carbocycles. The molecular weight excluding hydrogens is 511 g/mol. The van der Waals surface area contributed by atoms with Crippen molar-refractivity contribution < 1.29 is 28.1 Å². The summed E-state index contributed by atoms with van der Waals surface area (Å²) in [5, 5.41) is 3.49. The van der Waals surface area contributed by atoms with E-state index in [-0.39, 0.29) is 11.9 Å². The van der Waals surface area contributed by atoms with Crippen LogP contribution >= 0.6 is 0 Å². The fourth-order valence-corrected chi connectivity index (χ4v) is 5.32. The van der Waals surface area contributed by atoms with Crippen molar-refractivity contribution in [3.8, 4) is 17.2 Å². The minimum Gasteiger partial charge on any atom is -0.490 e. The largest absolute Gasteiger partial charge is 0.490 e. The first-order valence-electron chi connectivity index (χ1n) is 14.1. The lowest BCUT2D eigenvalue weighted by atomic mass is 9.87. The highest BCUT2D eigenvalue weighted by atomic mass is 19.1. The van der Waals surface area contributed by atoms with E-state index in [1.54, 1.807) is 19.2 Å². The molecule has 0 bridgehead atoms. The predicted molar refractivity (Wildman–Crippen MR) is 153 cm³/mol. The van der Waals surface area contributed by atoms with E-state index in [1.165, 1.54) is 17.7 Å². The van der Waals surface area contributed by atoms with Gasteiger partial charge in [0.2, 0.25) is 0 Å². The van der Waals surface area contributed by atoms with Gasteiger partial charge in [0.05, 0.1) is 24.9 Å². The Labute approximate surface area is 236 Å². The van der Waals surface area contributed by atoms with Crippen molar-refractivity contribution >= 4 is 5.69 Å². The van der Waals surface area contributed by atoms with Crippen molar-refractivity contribution in [2.45, 2.75) is 31.5 Å². The summed E-state index contributed by atoms with van der Waals surface area (Å²) in [5.74, 6) is 2.21. The van der Waals surface area contributed by atoms with E-state index < -0.39 is 0 Å². The van der Waals surface area contributed by atoms with E-state index in [0.717, 1.165) is 68.4 Å². The Morgan fingerprint density at radius 3 is 2.65 bits per heavy atom. The number of rotatable bonds is 13. The number of methoxy groups -OCH3 is 1. The number of piperidine rings is 1. The molecule has 2 aliphatic heterocycles. The Morgan fingerprint density at radius 1 is 0.975 bits per heavy atom. The van der Waals surface area contributed by atoms with Crippen molar-refractivity contribution in [1.29, 1.82) is 0 Å². The van der Waals surface area contributed by atoms with Crippen LogP contribution in [-0.2, 0) is 16.1 Å². The zero-order chi connectivity index (χ0) is 27.6. The lowest BCUT2D eigenvalue weighted by Crippen LogP contribution is -2.41. The molecule has 7 nitrogen and oxygen atoms in total. The average molecular weight is 551 g/mol. The molecule has 0 radical (unpaired) electrons. The molecule has 2 heterocycles. The number of fused-ring (bicyclic) bond motifs is 1. The zero-order valence-electron chi connectivity index (χ0n) is 23.2. The van der Waals surface area contributed by atoms with Gasteiger partial charge in [-0.05, 0) is 66.9 Å². The van der Waals surface area contributed by atoms with Crippen LogP contribution in [0.5, 0.6) is 17.2 Å². The summed E-state index contributed by atoms with van der Waals surface area (Å²) >= 11 is 0. The Morgan fingerprint density at radius 2 is 1.82 bits per heavy atom. The summed E-state index contributed by atoms with van der Waals surface area (Å²) < 4.78 is 42.3. The van der Waals surface area contributed by atoms with Gasteiger partial charge in [-0.2, -0.15) is 0 Å². The van der Waals surface area contributed by atoms with E-state index in [2.05, 4.69) is 40.5 Å². The van der Waals surface area contributed by atoms with Crippen molar-refractivity contribution in [3.63, 3.8) is 0 Å². The summed E-state index contributed by atoms with van der Waals surface area (Å²) in [6, 6.07) is 20.7. The van der Waals surface area contributed by atoms with Gasteiger partial charge in [-0.15, -0.1) is 0 Å². The quantitative estimate of drug-likeness (QED) is 0.294. The molecule has 1 N–H and O–H groups in total. The highest BCUT2D eigenvalue weighted by molar-refractivity contribution is 5.61. The van der Waals surface area contributed by atoms with E-state index >= 15 is 0 Å². The highest BCUT2D eigenvalue weighted by Crippen LogP contribution is 2.34. The van der Waals surface area contributed by atoms with E-state index in [1.807, 2.05) is 12.1 Å². The number of anilines is 1. The third kappa shape index (κ3) is 7.65. The molecular formula is C32H39FN2O5. The van der Waals surface area contributed by atoms with Crippen LogP contribution in [0.15, 0.2) is 66.7 Å². The van der Waals surface area contributed by atoms with Gasteiger partial charge < -0.3 is 33.9 Å². The summed E-state index contributed by atoms with van der Waals surface area (Å²) in [7, 11) is 1.74. The number of nitrogens with zero attached hydrogens (tertiary/aromatic N) is 1. The van der Waals surface area contributed by atoms with Gasteiger partial charge in [-0.3, -0.25) is 0 Å². The normalized spacial score (nSPS) is 18.6. The van der Waals surface area contributed by atoms with Crippen LogP contribution in [0.1, 0.15) is 29.9 Å². The molecule has 0 unspecified atom stereocenters. The molecule has 5 rings (SSSR count). The maximum Gasteiger partial charge on any atom is 0.142 e. The van der Waals surface area contributed by atoms with Crippen molar-refractivity contribution in [1.82, 2.24) is 5.32 Å². The van der Waals surface area contributed by atoms with Crippen LogP contribution in [0.3, 0.4) is 0 Å². The summed E-state index contributed by atoms with van der Waals surface area (Å²) in [4.78, 5) is 2.38. The molecule has 1 fully saturated rings. The van der Waals surface area contributed by atoms with Crippen LogP contribution in [0.4, 0.5) is 10.1 Å². The van der Waals surface area contributed by atoms with Crippen molar-refractivity contribution in [2.24, 2.45) is 0 Å². The maximum atomic E-state index is 13.3. The Bertz CT molecular complexity index is 1210. The molecule has 0 saturated carbocycles. The summed E-state index contributed by atoms with van der Waals surface area (Å²) in [6.45, 7) is 6.35. The first-order chi connectivity index (χ1) is 19.7. The Hall–Kier alpha value is -3.33. The molecule has 0 amide bonds. The molecule has 2 atom stereocenters. The Kier molecular flexibility index (Phi) is 10.1. The summed E-state index contributed by atoms with van der Waals surface area (Å²) in [6.07, 6.45) is 2.07. The molecule has 40 heavy (non-hydrogen) atoms. The lowest BCUT2D eigenvalue weighted by Gasteiger charge is -2.33. The van der Waals surface area contributed by atoms with Crippen LogP contribution < -0.4 is 24.4 Å². The van der Waals surface area contributed by atoms with Crippen molar-refractivity contribution in [2.75, 3.05) is 64.6 Å². The third-order valence-corrected chi connectivity index (χ3v) is 7.37. The van der Waals surface area contributed by atoms with Crippen molar-refractivity contribution in [3.05, 3.63) is 83.7 Å². The zero-order valence-corrected chi connectivity index (χ0v) is 23.2. The molecule has 214 valence electrons. The minimum atomic E-state index is -0.313. The third-order valence-electron chi connectivity index (χ3n) is 7.37. The van der Waals surface area contributed by atoms with Gasteiger partial charge >= 0.3 is 0 Å². The van der Waals surface area contributed by atoms with Crippen LogP contribution in [0.25, 0.3) is 0 Å². The standard InChI is InChI=1S/C32H39FN2O5/c1-36-16-3-14-35-15-17-39-31-11-6-24(20-30(31)35)23-40-32-22-34-13-12-29(32)25-7-9-27(10-8-25)37-18-19-38-28-5-2-4-26(33)21-28/h2,4-11,20-21,29,32,34H,3,12-19,22-23H2,1H3/t29-,32+/m1/s1. The summed E-state index contributed by atoms with van der Waals surface area (Å²) in [5.41, 5.74) is 3.53. The molecule has 2 aliphatic rings. The van der Waals surface area contributed by atoms with E-state index in [0.29, 0.717) is 38.1 Å². The second kappa shape index (κ2) is 14.3. The maximum absolute atomic E-state index is 13.3. The lowest BCUT2D eigenvalue weighted by molar-refractivity contribution is 0.0106. The van der Waals surface area contributed by atoms with Gasteiger partial charge in [-0.1, -0.05) is 24.3 Å². The number of halogens is 1. The van der Waals surface area contributed by atoms with E-state index in [4.69, 9.17) is 23.7 Å². The predicted octanol–water partition coefficient (Wildman–Crippen LogP) is 5.18. The first-order valence-corrected chi connectivity index (χ1v) is 14.1. The fraction of sp³-hybridized carbons (Fsp3) is 0.438. The van der Waals surface area contributed by atoms with Crippen LogP contribution in [-0.4, -0.2) is 65.8 Å². The number of nitrogens with one attached hydrogen (secondary N) is 1. The highest BCUT2D eigenvalue weighted by Gasteiger charge is 2.27. The van der Waals surface area contributed by atoms with Gasteiger partial charge in [0.1, 0.15) is 42.9 Å². The van der Waals surface area contributed by atoms with Gasteiger partial charge in [-0.25, -0.2) is 4.39 Å². The number of hydrogen-bond donors (Lipinski definition) is 1. The second-order valence-corrected chi connectivity index (χ2v) is 10.2. The number of hydrogen-bond acceptors (Lipinski definition) is 7. The van der Waals surface area contributed by atoms with Gasteiger partial charge in [0.25, 0.3) is 0 Å². The minimum absolute atomic E-state index is 0.0743. The topological polar surface area (TPSA) is 61.4 Å². The van der Waals surface area contributed by atoms with Crippen LogP contribution in [0, 0.1) is 5.82 Å². The number of benzene rings is 3. The number of ether oxygens (including phenoxy) is 5. The monoisotopic (exact) mass is 550 g/mol. The first kappa shape index (κ1) is 28.2. The molecule has 0 aliphatic carbocycles. The van der Waals surface area contributed by atoms with E-state index in [9.17, 15) is 4.39 Å². The smallest absolute Gasteiger partial charge is 0.142 e. The molecule has 1 saturated heterocycles. The van der Waals surface area contributed by atoms with Crippen LogP contribution in [0.2, 0.25) is 0 Å². The molecule has 0 spiro atoms.